The first-order valence-electron chi connectivity index (χ1n) is 5.96. The van der Waals surface area contributed by atoms with E-state index in [1.165, 1.54) is 0 Å². The highest BCUT2D eigenvalue weighted by Gasteiger charge is 2.30. The molecular formula is C12H19N3O2. The van der Waals surface area contributed by atoms with Crippen LogP contribution in [0.4, 0.5) is 0 Å². The highest BCUT2D eigenvalue weighted by Crippen LogP contribution is 2.22. The number of hydrogen-bond acceptors (Lipinski definition) is 3. The molecule has 1 aromatic heterocycles. The van der Waals surface area contributed by atoms with Crippen molar-refractivity contribution >= 4 is 5.91 Å². The molecule has 5 nitrogen and oxygen atoms in total. The summed E-state index contributed by atoms with van der Waals surface area (Å²) in [6, 6.07) is 0. The van der Waals surface area contributed by atoms with Gasteiger partial charge in [-0.05, 0) is 20.3 Å². The summed E-state index contributed by atoms with van der Waals surface area (Å²) in [4.78, 5) is 14.0. The van der Waals surface area contributed by atoms with Crippen LogP contribution in [0, 0.1) is 12.8 Å². The number of hydrogen-bond donors (Lipinski definition) is 1. The van der Waals surface area contributed by atoms with Crippen LogP contribution < -0.4 is 0 Å². The second-order valence-electron chi connectivity index (χ2n) is 4.84. The number of carbonyl (C=O) groups is 1. The fraction of sp³-hybridized carbons (Fsp3) is 0.667. The molecule has 0 saturated carbocycles. The van der Waals surface area contributed by atoms with Crippen molar-refractivity contribution in [2.75, 3.05) is 13.1 Å². The molecule has 2 unspecified atom stereocenters. The highest BCUT2D eigenvalue weighted by atomic mass is 16.3. The summed E-state index contributed by atoms with van der Waals surface area (Å²) >= 11 is 0. The summed E-state index contributed by atoms with van der Waals surface area (Å²) in [6.45, 7) is 5.00. The van der Waals surface area contributed by atoms with Gasteiger partial charge < -0.3 is 10.0 Å². The molecule has 1 fully saturated rings. The maximum absolute atomic E-state index is 12.2. The maximum Gasteiger partial charge on any atom is 0.257 e. The molecule has 1 saturated heterocycles. The summed E-state index contributed by atoms with van der Waals surface area (Å²) < 4.78 is 1.66. The fourth-order valence-electron chi connectivity index (χ4n) is 2.35. The van der Waals surface area contributed by atoms with Crippen molar-refractivity contribution in [1.82, 2.24) is 14.7 Å². The van der Waals surface area contributed by atoms with Gasteiger partial charge >= 0.3 is 0 Å². The van der Waals surface area contributed by atoms with E-state index in [0.29, 0.717) is 12.1 Å². The molecule has 0 bridgehead atoms. The molecular weight excluding hydrogens is 218 g/mol. The second kappa shape index (κ2) is 4.49. The smallest absolute Gasteiger partial charge is 0.257 e. The Hall–Kier alpha value is -1.36. The minimum atomic E-state index is -0.345. The minimum absolute atomic E-state index is 0.0266. The third kappa shape index (κ3) is 2.34. The summed E-state index contributed by atoms with van der Waals surface area (Å²) in [6.07, 6.45) is 2.29. The second-order valence-corrected chi connectivity index (χ2v) is 4.84. The molecule has 17 heavy (non-hydrogen) atoms. The van der Waals surface area contributed by atoms with Gasteiger partial charge in [0.1, 0.15) is 0 Å². The molecule has 0 radical (unpaired) electrons. The van der Waals surface area contributed by atoms with E-state index in [-0.39, 0.29) is 17.9 Å². The molecule has 0 aliphatic carbocycles. The van der Waals surface area contributed by atoms with Gasteiger partial charge in [0.25, 0.3) is 5.91 Å². The van der Waals surface area contributed by atoms with Crippen LogP contribution in [-0.2, 0) is 7.05 Å². The van der Waals surface area contributed by atoms with Crippen LogP contribution in [-0.4, -0.2) is 44.9 Å². The zero-order valence-electron chi connectivity index (χ0n) is 10.6. The summed E-state index contributed by atoms with van der Waals surface area (Å²) in [7, 11) is 1.81. The zero-order valence-corrected chi connectivity index (χ0v) is 10.6. The lowest BCUT2D eigenvalue weighted by molar-refractivity contribution is 0.0761. The van der Waals surface area contributed by atoms with Gasteiger partial charge in [0.15, 0.2) is 0 Å². The van der Waals surface area contributed by atoms with Crippen molar-refractivity contribution in [3.8, 4) is 0 Å². The van der Waals surface area contributed by atoms with Gasteiger partial charge in [-0.2, -0.15) is 5.10 Å². The number of aliphatic hydroxyl groups excluding tert-OH is 1. The molecule has 1 N–H and O–H groups in total. The van der Waals surface area contributed by atoms with E-state index in [1.807, 2.05) is 14.0 Å². The predicted octanol–water partition coefficient (Wildman–Crippen LogP) is 0.571. The molecule has 2 atom stereocenters. The number of carbonyl (C=O) groups excluding carboxylic acids is 1. The summed E-state index contributed by atoms with van der Waals surface area (Å²) in [5, 5.41) is 13.7. The van der Waals surface area contributed by atoms with Crippen molar-refractivity contribution in [3.05, 3.63) is 17.5 Å². The zero-order chi connectivity index (χ0) is 12.6. The van der Waals surface area contributed by atoms with Gasteiger partial charge in [-0.1, -0.05) is 0 Å². The SMILES string of the molecule is Cc1nn(C)cc1C(=O)N1CCC(C(C)O)C1. The Morgan fingerprint density at radius 3 is 2.82 bits per heavy atom. The summed E-state index contributed by atoms with van der Waals surface area (Å²) in [5.74, 6) is 0.231. The monoisotopic (exact) mass is 237 g/mol. The first-order chi connectivity index (χ1) is 7.99. The Labute approximate surface area is 101 Å². The maximum atomic E-state index is 12.2. The Morgan fingerprint density at radius 1 is 1.65 bits per heavy atom. The molecule has 2 rings (SSSR count). The average molecular weight is 237 g/mol. The molecule has 1 aliphatic rings. The van der Waals surface area contributed by atoms with E-state index in [2.05, 4.69) is 5.10 Å². The quantitative estimate of drug-likeness (QED) is 0.818. The number of aliphatic hydroxyl groups is 1. The van der Waals surface area contributed by atoms with E-state index >= 15 is 0 Å². The van der Waals surface area contributed by atoms with Crippen LogP contribution in [0.3, 0.4) is 0 Å². The van der Waals surface area contributed by atoms with Gasteiger partial charge in [-0.15, -0.1) is 0 Å². The van der Waals surface area contributed by atoms with Crippen LogP contribution in [0.5, 0.6) is 0 Å². The first kappa shape index (κ1) is 12.1. The van der Waals surface area contributed by atoms with Crippen molar-refractivity contribution in [1.29, 1.82) is 0 Å². The predicted molar refractivity (Wildman–Crippen MR) is 63.6 cm³/mol. The molecule has 1 amide bonds. The first-order valence-corrected chi connectivity index (χ1v) is 5.96. The largest absolute Gasteiger partial charge is 0.393 e. The van der Waals surface area contributed by atoms with Crippen LogP contribution in [0.2, 0.25) is 0 Å². The fourth-order valence-corrected chi connectivity index (χ4v) is 2.35. The minimum Gasteiger partial charge on any atom is -0.393 e. The van der Waals surface area contributed by atoms with Crippen LogP contribution >= 0.6 is 0 Å². The molecule has 94 valence electrons. The van der Waals surface area contributed by atoms with Crippen LogP contribution in [0.15, 0.2) is 6.20 Å². The Kier molecular flexibility index (Phi) is 3.19. The van der Waals surface area contributed by atoms with E-state index in [0.717, 1.165) is 18.7 Å². The Balaban J connectivity index is 2.09. The molecule has 2 heterocycles. The van der Waals surface area contributed by atoms with E-state index < -0.39 is 0 Å². The topological polar surface area (TPSA) is 58.4 Å². The van der Waals surface area contributed by atoms with Gasteiger partial charge in [0, 0.05) is 32.3 Å². The van der Waals surface area contributed by atoms with E-state index in [1.54, 1.807) is 22.7 Å². The van der Waals surface area contributed by atoms with E-state index in [9.17, 15) is 9.90 Å². The lowest BCUT2D eigenvalue weighted by Gasteiger charge is -2.17. The molecule has 0 spiro atoms. The third-order valence-corrected chi connectivity index (χ3v) is 3.44. The highest BCUT2D eigenvalue weighted by molar-refractivity contribution is 5.95. The standard InChI is InChI=1S/C12H19N3O2/c1-8-11(7-14(3)13-8)12(17)15-5-4-10(6-15)9(2)16/h7,9-10,16H,4-6H2,1-3H3. The molecule has 1 aliphatic heterocycles. The Morgan fingerprint density at radius 2 is 2.35 bits per heavy atom. The number of likely N-dealkylation sites (tertiary alicyclic amines) is 1. The van der Waals surface area contributed by atoms with Crippen molar-refractivity contribution < 1.29 is 9.90 Å². The van der Waals surface area contributed by atoms with Gasteiger partial charge in [-0.25, -0.2) is 0 Å². The lowest BCUT2D eigenvalue weighted by Crippen LogP contribution is -2.30. The molecule has 5 heteroatoms. The van der Waals surface area contributed by atoms with Crippen molar-refractivity contribution in [2.24, 2.45) is 13.0 Å². The molecule has 0 aromatic carbocycles. The van der Waals surface area contributed by atoms with Gasteiger partial charge in [-0.3, -0.25) is 9.48 Å². The summed E-state index contributed by atoms with van der Waals surface area (Å²) in [5.41, 5.74) is 1.43. The number of rotatable bonds is 2. The number of aryl methyl sites for hydroxylation is 2. The average Bonchev–Trinajstić information content (AvgIpc) is 2.84. The van der Waals surface area contributed by atoms with E-state index in [4.69, 9.17) is 0 Å². The lowest BCUT2D eigenvalue weighted by atomic mass is 10.0. The number of amides is 1. The van der Waals surface area contributed by atoms with Crippen LogP contribution in [0.25, 0.3) is 0 Å². The van der Waals surface area contributed by atoms with Gasteiger partial charge in [0.2, 0.25) is 0 Å². The number of nitrogens with zero attached hydrogens (tertiary/aromatic N) is 3. The van der Waals surface area contributed by atoms with Crippen molar-refractivity contribution in [2.45, 2.75) is 26.4 Å². The van der Waals surface area contributed by atoms with Gasteiger partial charge in [0.05, 0.1) is 17.4 Å². The van der Waals surface area contributed by atoms with Crippen molar-refractivity contribution in [3.63, 3.8) is 0 Å². The number of aromatic nitrogens is 2. The van der Waals surface area contributed by atoms with Crippen LogP contribution in [0.1, 0.15) is 29.4 Å². The normalized spacial score (nSPS) is 21.9. The third-order valence-electron chi connectivity index (χ3n) is 3.44. The molecule has 1 aromatic rings. The Bertz CT molecular complexity index is 425.